The Morgan fingerprint density at radius 1 is 1.00 bits per heavy atom. The van der Waals surface area contributed by atoms with Gasteiger partial charge in [-0.2, -0.15) is 0 Å². The molecule has 0 aliphatic rings. The van der Waals surface area contributed by atoms with Gasteiger partial charge >= 0.3 is 159 Å². The Bertz CT molecular complexity index is 494. The van der Waals surface area contributed by atoms with E-state index in [1.165, 1.54) is 55.5 Å². The SMILES string of the molecule is CCC[CH2][Sn]([CH2]CCC)([CH2]CCC)[c]1[nH]ccc1C(=O)OC(C)(C)C. The van der Waals surface area contributed by atoms with Crippen molar-refractivity contribution >= 4 is 28.1 Å². The first kappa shape index (κ1) is 22.6. The summed E-state index contributed by atoms with van der Waals surface area (Å²) in [7, 11) is 0. The van der Waals surface area contributed by atoms with Gasteiger partial charge in [-0.05, 0) is 0 Å². The Morgan fingerprint density at radius 2 is 1.48 bits per heavy atom. The van der Waals surface area contributed by atoms with E-state index in [1.54, 1.807) is 0 Å². The molecular formula is C21H39NO2Sn. The molecule has 1 aromatic rings. The van der Waals surface area contributed by atoms with Gasteiger partial charge in [0.1, 0.15) is 0 Å². The molecule has 0 saturated heterocycles. The number of H-pyrrole nitrogens is 1. The summed E-state index contributed by atoms with van der Waals surface area (Å²) in [6.07, 6.45) is 9.53. The van der Waals surface area contributed by atoms with Crippen LogP contribution in [0.4, 0.5) is 0 Å². The Hall–Kier alpha value is -0.451. The van der Waals surface area contributed by atoms with E-state index >= 15 is 0 Å². The van der Waals surface area contributed by atoms with Gasteiger partial charge in [-0.25, -0.2) is 0 Å². The molecule has 0 aromatic carbocycles. The van der Waals surface area contributed by atoms with Gasteiger partial charge in [0.15, 0.2) is 0 Å². The molecule has 25 heavy (non-hydrogen) atoms. The zero-order chi connectivity index (χ0) is 18.9. The maximum absolute atomic E-state index is 12.8. The van der Waals surface area contributed by atoms with Gasteiger partial charge in [0.05, 0.1) is 0 Å². The number of carbonyl (C=O) groups is 1. The van der Waals surface area contributed by atoms with Crippen LogP contribution in [-0.4, -0.2) is 34.9 Å². The number of nitrogens with one attached hydrogen (secondary N) is 1. The van der Waals surface area contributed by atoms with Crippen LogP contribution in [0.15, 0.2) is 12.3 Å². The van der Waals surface area contributed by atoms with Crippen molar-refractivity contribution in [3.63, 3.8) is 0 Å². The Labute approximate surface area is 159 Å². The van der Waals surface area contributed by atoms with E-state index in [2.05, 4.69) is 25.8 Å². The number of unbranched alkanes of at least 4 members (excludes halogenated alkanes) is 3. The quantitative estimate of drug-likeness (QED) is 0.327. The summed E-state index contributed by atoms with van der Waals surface area (Å²) in [6.45, 7) is 12.7. The van der Waals surface area contributed by atoms with Gasteiger partial charge in [-0.1, -0.05) is 0 Å². The van der Waals surface area contributed by atoms with Crippen LogP contribution in [0, 0.1) is 0 Å². The van der Waals surface area contributed by atoms with Crippen molar-refractivity contribution in [2.75, 3.05) is 0 Å². The first-order chi connectivity index (χ1) is 11.8. The zero-order valence-electron chi connectivity index (χ0n) is 17.3. The van der Waals surface area contributed by atoms with Gasteiger partial charge in [-0.15, -0.1) is 0 Å². The van der Waals surface area contributed by atoms with E-state index in [0.717, 1.165) is 5.56 Å². The molecule has 1 heterocycles. The van der Waals surface area contributed by atoms with Crippen LogP contribution in [0.2, 0.25) is 13.3 Å². The topological polar surface area (TPSA) is 42.1 Å². The molecule has 0 amide bonds. The van der Waals surface area contributed by atoms with Crippen LogP contribution in [0.5, 0.6) is 0 Å². The van der Waals surface area contributed by atoms with E-state index in [0.29, 0.717) is 0 Å². The third-order valence-corrected chi connectivity index (χ3v) is 20.4. The Balaban J connectivity index is 3.23. The van der Waals surface area contributed by atoms with Crippen molar-refractivity contribution in [2.24, 2.45) is 0 Å². The Kier molecular flexibility index (Phi) is 9.61. The second-order valence-electron chi connectivity index (χ2n) is 8.36. The number of aromatic amines is 1. The van der Waals surface area contributed by atoms with Crippen molar-refractivity contribution in [3.05, 3.63) is 17.8 Å². The molecule has 0 atom stereocenters. The molecule has 144 valence electrons. The average molecular weight is 456 g/mol. The third kappa shape index (κ3) is 6.99. The summed E-state index contributed by atoms with van der Waals surface area (Å²) in [5.74, 6) is -0.144. The summed E-state index contributed by atoms with van der Waals surface area (Å²) in [5.41, 5.74) is 0.383. The normalized spacial score (nSPS) is 12.4. The van der Waals surface area contributed by atoms with Crippen molar-refractivity contribution in [1.29, 1.82) is 0 Å². The molecule has 1 aromatic heterocycles. The fraction of sp³-hybridized carbons (Fsp3) is 0.762. The van der Waals surface area contributed by atoms with Crippen LogP contribution in [0.1, 0.15) is 90.4 Å². The first-order valence-corrected chi connectivity index (χ1v) is 17.7. The molecule has 0 saturated carbocycles. The van der Waals surface area contributed by atoms with Gasteiger partial charge in [0.25, 0.3) is 0 Å². The molecule has 0 aliphatic carbocycles. The van der Waals surface area contributed by atoms with Crippen molar-refractivity contribution in [3.8, 4) is 0 Å². The number of carbonyl (C=O) groups excluding carboxylic acids is 1. The van der Waals surface area contributed by atoms with Crippen molar-refractivity contribution in [1.82, 2.24) is 4.98 Å². The van der Waals surface area contributed by atoms with Crippen LogP contribution >= 0.6 is 0 Å². The van der Waals surface area contributed by atoms with Crippen LogP contribution < -0.4 is 3.71 Å². The molecule has 0 fully saturated rings. The molecule has 0 unspecified atom stereocenters. The number of ether oxygens (including phenoxy) is 1. The first-order valence-electron chi connectivity index (χ1n) is 10.2. The molecule has 0 aliphatic heterocycles. The predicted molar refractivity (Wildman–Crippen MR) is 110 cm³/mol. The minimum atomic E-state index is -2.64. The van der Waals surface area contributed by atoms with Crippen LogP contribution in [-0.2, 0) is 4.74 Å². The molecule has 1 N–H and O–H groups in total. The summed E-state index contributed by atoms with van der Waals surface area (Å²) < 4.78 is 11.1. The summed E-state index contributed by atoms with van der Waals surface area (Å²) in [6, 6.07) is 1.96. The number of rotatable bonds is 11. The molecule has 0 bridgehead atoms. The zero-order valence-corrected chi connectivity index (χ0v) is 20.2. The number of hydrogen-bond acceptors (Lipinski definition) is 2. The minimum absolute atomic E-state index is 0.144. The molecule has 4 heteroatoms. The Morgan fingerprint density at radius 3 is 1.88 bits per heavy atom. The van der Waals surface area contributed by atoms with Gasteiger partial charge in [0, 0.05) is 0 Å². The molecule has 0 spiro atoms. The van der Waals surface area contributed by atoms with Crippen molar-refractivity contribution < 1.29 is 9.53 Å². The maximum atomic E-state index is 12.8. The van der Waals surface area contributed by atoms with Gasteiger partial charge < -0.3 is 0 Å². The summed E-state index contributed by atoms with van der Waals surface area (Å²) in [4.78, 5) is 16.3. The van der Waals surface area contributed by atoms with Crippen LogP contribution in [0.3, 0.4) is 0 Å². The van der Waals surface area contributed by atoms with Crippen molar-refractivity contribution in [2.45, 2.75) is 99.0 Å². The second kappa shape index (κ2) is 10.6. The summed E-state index contributed by atoms with van der Waals surface area (Å²) in [5, 5.41) is 0. The van der Waals surface area contributed by atoms with E-state index in [-0.39, 0.29) is 5.97 Å². The molecule has 0 radical (unpaired) electrons. The molecule has 3 nitrogen and oxygen atoms in total. The predicted octanol–water partition coefficient (Wildman–Crippen LogP) is 6.03. The van der Waals surface area contributed by atoms with E-state index < -0.39 is 24.0 Å². The number of aromatic nitrogens is 1. The second-order valence-corrected chi connectivity index (χ2v) is 21.4. The van der Waals surface area contributed by atoms with Gasteiger partial charge in [0.2, 0.25) is 0 Å². The van der Waals surface area contributed by atoms with E-state index in [4.69, 9.17) is 4.74 Å². The summed E-state index contributed by atoms with van der Waals surface area (Å²) >= 11 is -2.64. The third-order valence-electron chi connectivity index (χ3n) is 4.92. The molecule has 1 rings (SSSR count). The standard InChI is InChI=1S/C9H12NO2.3C4H9.Sn/c1-9(2,3)12-8(11)7-4-5-10-6-7;3*1-3-4-2;/h4-5,10H,1-3H3;3*1,3-4H2,2H3;. The number of hydrogen-bond donors (Lipinski definition) is 1. The fourth-order valence-corrected chi connectivity index (χ4v) is 20.0. The fourth-order valence-electron chi connectivity index (χ4n) is 3.61. The molecular weight excluding hydrogens is 417 g/mol. The van der Waals surface area contributed by atoms with Gasteiger partial charge in [-0.3, -0.25) is 0 Å². The van der Waals surface area contributed by atoms with E-state index in [1.807, 2.05) is 33.0 Å². The monoisotopic (exact) mass is 457 g/mol. The van der Waals surface area contributed by atoms with E-state index in [9.17, 15) is 4.79 Å². The van der Waals surface area contributed by atoms with Crippen LogP contribution in [0.25, 0.3) is 0 Å². The average Bonchev–Trinajstić information content (AvgIpc) is 3.03. The number of esters is 1.